The summed E-state index contributed by atoms with van der Waals surface area (Å²) >= 11 is 8.00. The number of pyridine rings is 1. The van der Waals surface area contributed by atoms with Crippen molar-refractivity contribution < 1.29 is 9.47 Å². The van der Waals surface area contributed by atoms with Gasteiger partial charge in [0.15, 0.2) is 0 Å². The first-order chi connectivity index (χ1) is 12.1. The maximum Gasteiger partial charge on any atom is 0.137 e. The largest absolute Gasteiger partial charge is 0.495 e. The van der Waals surface area contributed by atoms with Crippen LogP contribution < -0.4 is 10.1 Å². The molecule has 134 valence electrons. The SMILES string of the molecule is COc1ccc([C@@H]2CC[C@]3(C[C@H](C)N2)OCCc2cc(Cl)sc23)nc1. The van der Waals surface area contributed by atoms with Crippen LogP contribution in [0.25, 0.3) is 0 Å². The van der Waals surface area contributed by atoms with Gasteiger partial charge in [0.2, 0.25) is 0 Å². The highest BCUT2D eigenvalue weighted by atomic mass is 35.5. The first kappa shape index (κ1) is 17.3. The van der Waals surface area contributed by atoms with Gasteiger partial charge in [-0.25, -0.2) is 0 Å². The molecule has 4 heterocycles. The fourth-order valence-corrected chi connectivity index (χ4v) is 5.62. The highest BCUT2D eigenvalue weighted by Gasteiger charge is 2.43. The van der Waals surface area contributed by atoms with Gasteiger partial charge in [-0.05, 0) is 56.4 Å². The molecule has 1 spiro atoms. The van der Waals surface area contributed by atoms with Crippen molar-refractivity contribution in [3.8, 4) is 5.75 Å². The average Bonchev–Trinajstić information content (AvgIpc) is 2.92. The van der Waals surface area contributed by atoms with Crippen molar-refractivity contribution in [2.24, 2.45) is 0 Å². The number of ether oxygens (including phenoxy) is 2. The number of thiophene rings is 1. The third-order valence-electron chi connectivity index (χ3n) is 5.25. The van der Waals surface area contributed by atoms with Gasteiger partial charge in [0.25, 0.3) is 0 Å². The molecule has 0 radical (unpaired) electrons. The predicted molar refractivity (Wildman–Crippen MR) is 101 cm³/mol. The summed E-state index contributed by atoms with van der Waals surface area (Å²) in [5.41, 5.74) is 2.22. The molecular formula is C19H23ClN2O2S. The fraction of sp³-hybridized carbons (Fsp3) is 0.526. The normalized spacial score (nSPS) is 29.2. The molecule has 1 fully saturated rings. The Morgan fingerprint density at radius 3 is 3.08 bits per heavy atom. The van der Waals surface area contributed by atoms with E-state index in [4.69, 9.17) is 21.1 Å². The molecule has 0 unspecified atom stereocenters. The van der Waals surface area contributed by atoms with Crippen molar-refractivity contribution >= 4 is 22.9 Å². The lowest BCUT2D eigenvalue weighted by Crippen LogP contribution is -2.38. The van der Waals surface area contributed by atoms with Crippen molar-refractivity contribution in [3.05, 3.63) is 44.9 Å². The monoisotopic (exact) mass is 378 g/mol. The zero-order valence-electron chi connectivity index (χ0n) is 14.5. The maximum atomic E-state index is 6.39. The Bertz CT molecular complexity index is 748. The van der Waals surface area contributed by atoms with Crippen LogP contribution in [0.15, 0.2) is 24.4 Å². The molecule has 1 N–H and O–H groups in total. The lowest BCUT2D eigenvalue weighted by Gasteiger charge is -2.37. The second-order valence-corrected chi connectivity index (χ2v) is 8.67. The van der Waals surface area contributed by atoms with Crippen molar-refractivity contribution in [2.75, 3.05) is 13.7 Å². The van der Waals surface area contributed by atoms with Crippen LogP contribution in [-0.2, 0) is 16.8 Å². The zero-order valence-corrected chi connectivity index (χ0v) is 16.1. The van der Waals surface area contributed by atoms with E-state index in [-0.39, 0.29) is 11.6 Å². The molecule has 25 heavy (non-hydrogen) atoms. The molecule has 2 aromatic heterocycles. The van der Waals surface area contributed by atoms with Crippen LogP contribution in [0.3, 0.4) is 0 Å². The van der Waals surface area contributed by atoms with E-state index in [0.29, 0.717) is 6.04 Å². The molecule has 0 bridgehead atoms. The third-order valence-corrected chi connectivity index (χ3v) is 6.74. The molecule has 0 aliphatic carbocycles. The number of hydrogen-bond acceptors (Lipinski definition) is 5. The summed E-state index contributed by atoms with van der Waals surface area (Å²) in [7, 11) is 1.66. The predicted octanol–water partition coefficient (Wildman–Crippen LogP) is 4.48. The van der Waals surface area contributed by atoms with Gasteiger partial charge in [-0.15, -0.1) is 11.3 Å². The van der Waals surface area contributed by atoms with Crippen LogP contribution in [0, 0.1) is 0 Å². The molecule has 0 aromatic carbocycles. The first-order valence-corrected chi connectivity index (χ1v) is 9.98. The van der Waals surface area contributed by atoms with E-state index in [1.807, 2.05) is 6.07 Å². The number of halogens is 1. The second kappa shape index (κ2) is 6.88. The Labute approximate surface area is 157 Å². The fourth-order valence-electron chi connectivity index (χ4n) is 4.14. The van der Waals surface area contributed by atoms with E-state index in [9.17, 15) is 0 Å². The molecule has 4 rings (SSSR count). The van der Waals surface area contributed by atoms with E-state index >= 15 is 0 Å². The van der Waals surface area contributed by atoms with E-state index in [2.05, 4.69) is 29.4 Å². The molecule has 1 saturated heterocycles. The minimum absolute atomic E-state index is 0.209. The van der Waals surface area contributed by atoms with E-state index in [1.165, 1.54) is 10.4 Å². The van der Waals surface area contributed by atoms with Crippen molar-refractivity contribution in [1.29, 1.82) is 0 Å². The van der Waals surface area contributed by atoms with E-state index in [1.54, 1.807) is 24.6 Å². The zero-order chi connectivity index (χ0) is 17.4. The number of rotatable bonds is 2. The van der Waals surface area contributed by atoms with Crippen LogP contribution in [0.5, 0.6) is 5.75 Å². The quantitative estimate of drug-likeness (QED) is 0.836. The third kappa shape index (κ3) is 3.31. The lowest BCUT2D eigenvalue weighted by atomic mass is 9.85. The van der Waals surface area contributed by atoms with Gasteiger partial charge in [-0.1, -0.05) is 11.6 Å². The first-order valence-electron chi connectivity index (χ1n) is 8.78. The van der Waals surface area contributed by atoms with E-state index < -0.39 is 0 Å². The number of nitrogens with one attached hydrogen (secondary N) is 1. The summed E-state index contributed by atoms with van der Waals surface area (Å²) in [6.07, 6.45) is 5.68. The molecule has 6 heteroatoms. The number of fused-ring (bicyclic) bond motifs is 2. The maximum absolute atomic E-state index is 6.39. The Morgan fingerprint density at radius 2 is 2.32 bits per heavy atom. The standard InChI is InChI=1S/C19H23ClN2O2S/c1-12-10-19(18-13(6-8-24-19)9-17(20)25-18)7-5-16(22-12)15-4-3-14(23-2)11-21-15/h3-4,9,11-12,16,22H,5-8,10H2,1-2H3/t12-,16-,19+/m0/s1. The van der Waals surface area contributed by atoms with Gasteiger partial charge >= 0.3 is 0 Å². The summed E-state index contributed by atoms with van der Waals surface area (Å²) in [5, 5.41) is 3.73. The molecule has 2 aromatic rings. The Balaban J connectivity index is 1.61. The Morgan fingerprint density at radius 1 is 1.44 bits per heavy atom. The lowest BCUT2D eigenvalue weighted by molar-refractivity contribution is -0.0704. The number of hydrogen-bond donors (Lipinski definition) is 1. The van der Waals surface area contributed by atoms with Crippen LogP contribution >= 0.6 is 22.9 Å². The molecule has 3 atom stereocenters. The average molecular weight is 379 g/mol. The Hall–Kier alpha value is -1.14. The second-order valence-electron chi connectivity index (χ2n) is 6.98. The van der Waals surface area contributed by atoms with Gasteiger partial charge in [0.1, 0.15) is 11.4 Å². The minimum atomic E-state index is -0.209. The molecule has 2 aliphatic heterocycles. The highest BCUT2D eigenvalue weighted by molar-refractivity contribution is 7.16. The number of aromatic nitrogens is 1. The van der Waals surface area contributed by atoms with Crippen molar-refractivity contribution in [1.82, 2.24) is 10.3 Å². The number of nitrogens with zero attached hydrogens (tertiary/aromatic N) is 1. The van der Waals surface area contributed by atoms with Crippen molar-refractivity contribution in [3.63, 3.8) is 0 Å². The molecule has 2 aliphatic rings. The van der Waals surface area contributed by atoms with Crippen LogP contribution in [0.4, 0.5) is 0 Å². The summed E-state index contributed by atoms with van der Waals surface area (Å²) in [6.45, 7) is 3.01. The highest BCUT2D eigenvalue weighted by Crippen LogP contribution is 2.48. The van der Waals surface area contributed by atoms with Crippen LogP contribution in [0.1, 0.15) is 48.4 Å². The van der Waals surface area contributed by atoms with Gasteiger partial charge in [-0.3, -0.25) is 4.98 Å². The van der Waals surface area contributed by atoms with Gasteiger partial charge in [0, 0.05) is 17.0 Å². The van der Waals surface area contributed by atoms with Crippen molar-refractivity contribution in [2.45, 2.75) is 50.3 Å². The van der Waals surface area contributed by atoms with Gasteiger partial charge in [-0.2, -0.15) is 0 Å². The minimum Gasteiger partial charge on any atom is -0.495 e. The molecule has 0 amide bonds. The summed E-state index contributed by atoms with van der Waals surface area (Å²) < 4.78 is 12.5. The Kier molecular flexibility index (Phi) is 4.75. The summed E-state index contributed by atoms with van der Waals surface area (Å²) in [6, 6.07) is 6.71. The van der Waals surface area contributed by atoms with Gasteiger partial charge in [0.05, 0.1) is 29.9 Å². The topological polar surface area (TPSA) is 43.4 Å². The van der Waals surface area contributed by atoms with Gasteiger partial charge < -0.3 is 14.8 Å². The van der Waals surface area contributed by atoms with Crippen LogP contribution in [0.2, 0.25) is 4.34 Å². The molecule has 4 nitrogen and oxygen atoms in total. The van der Waals surface area contributed by atoms with Crippen LogP contribution in [-0.4, -0.2) is 24.7 Å². The smallest absolute Gasteiger partial charge is 0.137 e. The summed E-state index contributed by atoms with van der Waals surface area (Å²) in [5.74, 6) is 0.787. The molecular weight excluding hydrogens is 356 g/mol. The number of methoxy groups -OCH3 is 1. The van der Waals surface area contributed by atoms with E-state index in [0.717, 1.165) is 48.1 Å². The summed E-state index contributed by atoms with van der Waals surface area (Å²) in [4.78, 5) is 5.92. The molecule has 0 saturated carbocycles.